The van der Waals surface area contributed by atoms with Crippen molar-refractivity contribution in [3.8, 4) is 0 Å². The lowest BCUT2D eigenvalue weighted by molar-refractivity contribution is -0.133. The van der Waals surface area contributed by atoms with E-state index in [0.717, 1.165) is 30.4 Å². The van der Waals surface area contributed by atoms with Gasteiger partial charge < -0.3 is 10.6 Å². The van der Waals surface area contributed by atoms with Crippen LogP contribution in [0, 0.1) is 5.82 Å². The molecule has 3 nitrogen and oxygen atoms in total. The summed E-state index contributed by atoms with van der Waals surface area (Å²) in [6.07, 6.45) is 3.30. The van der Waals surface area contributed by atoms with Gasteiger partial charge in [-0.25, -0.2) is 4.39 Å². The Morgan fingerprint density at radius 3 is 3.05 bits per heavy atom. The second-order valence-electron chi connectivity index (χ2n) is 5.14. The van der Waals surface area contributed by atoms with E-state index in [0.29, 0.717) is 19.5 Å². The molecule has 4 heteroatoms. The summed E-state index contributed by atoms with van der Waals surface area (Å²) in [5, 5.41) is 0. The fourth-order valence-corrected chi connectivity index (χ4v) is 2.53. The molecule has 1 aromatic carbocycles. The molecule has 0 spiro atoms. The number of carbonyl (C=O) groups excluding carboxylic acids is 1. The van der Waals surface area contributed by atoms with Gasteiger partial charge in [0.05, 0.1) is 6.04 Å². The Bertz CT molecular complexity index is 461. The van der Waals surface area contributed by atoms with Crippen LogP contribution in [-0.4, -0.2) is 23.4 Å². The lowest BCUT2D eigenvalue weighted by Crippen LogP contribution is -2.45. The molecule has 0 aliphatic carbocycles. The molecule has 0 saturated carbocycles. The van der Waals surface area contributed by atoms with Crippen molar-refractivity contribution < 1.29 is 9.18 Å². The summed E-state index contributed by atoms with van der Waals surface area (Å²) in [6.45, 7) is 3.12. The monoisotopic (exact) mass is 264 g/mol. The first-order valence-electron chi connectivity index (χ1n) is 6.94. The van der Waals surface area contributed by atoms with Gasteiger partial charge in [-0.2, -0.15) is 0 Å². The van der Waals surface area contributed by atoms with Crippen LogP contribution in [0.1, 0.15) is 37.3 Å². The molecule has 1 aromatic rings. The highest BCUT2D eigenvalue weighted by atomic mass is 19.1. The second kappa shape index (κ2) is 6.15. The minimum atomic E-state index is -0.421. The van der Waals surface area contributed by atoms with E-state index in [1.165, 1.54) is 6.07 Å². The highest BCUT2D eigenvalue weighted by Gasteiger charge is 2.25. The fourth-order valence-electron chi connectivity index (χ4n) is 2.53. The maximum Gasteiger partial charge on any atom is 0.239 e. The summed E-state index contributed by atoms with van der Waals surface area (Å²) in [5.74, 6) is -0.178. The molecule has 0 bridgehead atoms. The molecule has 2 N–H and O–H groups in total. The highest BCUT2D eigenvalue weighted by Crippen LogP contribution is 2.22. The smallest absolute Gasteiger partial charge is 0.239 e. The summed E-state index contributed by atoms with van der Waals surface area (Å²) >= 11 is 0. The number of halogens is 1. The van der Waals surface area contributed by atoms with Gasteiger partial charge in [-0.05, 0) is 30.0 Å². The van der Waals surface area contributed by atoms with Gasteiger partial charge in [0.2, 0.25) is 5.91 Å². The molecular formula is C15H21FN2O. The van der Waals surface area contributed by atoms with Crippen molar-refractivity contribution in [1.29, 1.82) is 0 Å². The van der Waals surface area contributed by atoms with Gasteiger partial charge in [0, 0.05) is 13.1 Å². The number of benzene rings is 1. The van der Waals surface area contributed by atoms with Gasteiger partial charge >= 0.3 is 0 Å². The molecule has 1 atom stereocenters. The van der Waals surface area contributed by atoms with Crippen molar-refractivity contribution in [2.45, 2.75) is 45.2 Å². The van der Waals surface area contributed by atoms with E-state index < -0.39 is 6.04 Å². The van der Waals surface area contributed by atoms with E-state index in [4.69, 9.17) is 5.73 Å². The summed E-state index contributed by atoms with van der Waals surface area (Å²) in [6, 6.07) is 4.63. The van der Waals surface area contributed by atoms with Gasteiger partial charge in [0.25, 0.3) is 0 Å². The van der Waals surface area contributed by atoms with Crippen LogP contribution in [0.5, 0.6) is 0 Å². The number of unbranched alkanes of at least 4 members (excludes halogenated alkanes) is 1. The van der Waals surface area contributed by atoms with Crippen LogP contribution in [-0.2, 0) is 17.8 Å². The number of rotatable bonds is 4. The number of nitrogens with two attached hydrogens (primary N) is 1. The van der Waals surface area contributed by atoms with Crippen molar-refractivity contribution in [2.75, 3.05) is 6.54 Å². The molecule has 0 radical (unpaired) electrons. The Morgan fingerprint density at radius 1 is 1.53 bits per heavy atom. The number of nitrogens with zero attached hydrogens (tertiary/aromatic N) is 1. The molecule has 104 valence electrons. The molecule has 1 unspecified atom stereocenters. The lowest BCUT2D eigenvalue weighted by atomic mass is 9.98. The number of carbonyl (C=O) groups is 1. The van der Waals surface area contributed by atoms with Crippen LogP contribution in [0.4, 0.5) is 4.39 Å². The molecule has 1 amide bonds. The molecule has 0 saturated heterocycles. The zero-order chi connectivity index (χ0) is 13.8. The molecule has 0 aromatic heterocycles. The van der Waals surface area contributed by atoms with Crippen molar-refractivity contribution in [1.82, 2.24) is 4.90 Å². The van der Waals surface area contributed by atoms with Crippen molar-refractivity contribution in [2.24, 2.45) is 5.73 Å². The second-order valence-corrected chi connectivity index (χ2v) is 5.14. The number of fused-ring (bicyclic) bond motifs is 1. The average molecular weight is 264 g/mol. The molecule has 1 aliphatic heterocycles. The summed E-state index contributed by atoms with van der Waals surface area (Å²) in [5.41, 5.74) is 7.57. The standard InChI is InChI=1S/C15H21FN2O/c1-2-3-7-14(17)15(19)18-9-8-12-11(10-18)5-4-6-13(12)16/h4-6,14H,2-3,7-10,17H2,1H3. The van der Waals surface area contributed by atoms with E-state index in [2.05, 4.69) is 6.92 Å². The molecule has 1 heterocycles. The molecule has 2 rings (SSSR count). The van der Waals surface area contributed by atoms with Crippen LogP contribution >= 0.6 is 0 Å². The number of amides is 1. The summed E-state index contributed by atoms with van der Waals surface area (Å²) < 4.78 is 13.6. The minimum Gasteiger partial charge on any atom is -0.337 e. The minimum absolute atomic E-state index is 0.0108. The molecule has 19 heavy (non-hydrogen) atoms. The van der Waals surface area contributed by atoms with Crippen molar-refractivity contribution in [3.63, 3.8) is 0 Å². The summed E-state index contributed by atoms with van der Waals surface area (Å²) in [4.78, 5) is 14.0. The lowest BCUT2D eigenvalue weighted by Gasteiger charge is -2.31. The third-order valence-electron chi connectivity index (χ3n) is 3.71. The zero-order valence-corrected chi connectivity index (χ0v) is 11.4. The van der Waals surface area contributed by atoms with Crippen LogP contribution in [0.2, 0.25) is 0 Å². The average Bonchev–Trinajstić information content (AvgIpc) is 2.43. The molecular weight excluding hydrogens is 243 g/mol. The number of hydrogen-bond donors (Lipinski definition) is 1. The third kappa shape index (κ3) is 3.13. The van der Waals surface area contributed by atoms with E-state index in [1.807, 2.05) is 6.07 Å². The SMILES string of the molecule is CCCCC(N)C(=O)N1CCc2c(F)cccc2C1. The van der Waals surface area contributed by atoms with E-state index in [1.54, 1.807) is 11.0 Å². The van der Waals surface area contributed by atoms with Crippen molar-refractivity contribution >= 4 is 5.91 Å². The fraction of sp³-hybridized carbons (Fsp3) is 0.533. The Morgan fingerprint density at radius 2 is 2.32 bits per heavy atom. The van der Waals surface area contributed by atoms with Gasteiger partial charge in [0.15, 0.2) is 0 Å². The largest absolute Gasteiger partial charge is 0.337 e. The highest BCUT2D eigenvalue weighted by molar-refractivity contribution is 5.81. The maximum absolute atomic E-state index is 13.6. The topological polar surface area (TPSA) is 46.3 Å². The van der Waals surface area contributed by atoms with Gasteiger partial charge in [-0.3, -0.25) is 4.79 Å². The van der Waals surface area contributed by atoms with E-state index >= 15 is 0 Å². The first-order chi connectivity index (χ1) is 9.13. The third-order valence-corrected chi connectivity index (χ3v) is 3.71. The first kappa shape index (κ1) is 14.0. The maximum atomic E-state index is 13.6. The van der Waals surface area contributed by atoms with Crippen molar-refractivity contribution in [3.05, 3.63) is 35.1 Å². The van der Waals surface area contributed by atoms with Crippen LogP contribution < -0.4 is 5.73 Å². The predicted octanol–water partition coefficient (Wildman–Crippen LogP) is 2.23. The predicted molar refractivity (Wildman–Crippen MR) is 73.0 cm³/mol. The van der Waals surface area contributed by atoms with Gasteiger partial charge in [0.1, 0.15) is 5.82 Å². The van der Waals surface area contributed by atoms with E-state index in [9.17, 15) is 9.18 Å². The van der Waals surface area contributed by atoms with Crippen LogP contribution in [0.15, 0.2) is 18.2 Å². The summed E-state index contributed by atoms with van der Waals surface area (Å²) in [7, 11) is 0. The first-order valence-corrected chi connectivity index (χ1v) is 6.94. The Labute approximate surface area is 113 Å². The quantitative estimate of drug-likeness (QED) is 0.906. The Hall–Kier alpha value is -1.42. The van der Waals surface area contributed by atoms with Gasteiger partial charge in [-0.15, -0.1) is 0 Å². The van der Waals surface area contributed by atoms with E-state index in [-0.39, 0.29) is 11.7 Å². The zero-order valence-electron chi connectivity index (χ0n) is 11.4. The van der Waals surface area contributed by atoms with Crippen LogP contribution in [0.3, 0.4) is 0 Å². The Balaban J connectivity index is 2.03. The van der Waals surface area contributed by atoms with Crippen LogP contribution in [0.25, 0.3) is 0 Å². The number of hydrogen-bond acceptors (Lipinski definition) is 2. The normalized spacial score (nSPS) is 16.1. The van der Waals surface area contributed by atoms with Gasteiger partial charge in [-0.1, -0.05) is 31.9 Å². The Kier molecular flexibility index (Phi) is 4.53. The molecule has 1 aliphatic rings. The molecule has 0 fully saturated rings.